The van der Waals surface area contributed by atoms with Crippen LogP contribution in [0.4, 0.5) is 5.82 Å². The van der Waals surface area contributed by atoms with Crippen molar-refractivity contribution in [3.05, 3.63) is 54.3 Å². The molecule has 1 heterocycles. The summed E-state index contributed by atoms with van der Waals surface area (Å²) in [6.07, 6.45) is 9.44. The third kappa shape index (κ3) is 2.33. The summed E-state index contributed by atoms with van der Waals surface area (Å²) in [6.45, 7) is 4.20. The molecule has 3 nitrogen and oxygen atoms in total. The molecule has 2 N–H and O–H groups in total. The topological polar surface area (TPSA) is 43.8 Å². The van der Waals surface area contributed by atoms with Gasteiger partial charge in [-0.15, -0.1) is 0 Å². The molecule has 1 unspecified atom stereocenters. The van der Waals surface area contributed by atoms with Crippen LogP contribution in [0.3, 0.4) is 0 Å². The van der Waals surface area contributed by atoms with E-state index in [9.17, 15) is 0 Å². The number of nitrogens with zero attached hydrogens (tertiary/aromatic N) is 2. The van der Waals surface area contributed by atoms with Crippen molar-refractivity contribution in [2.24, 2.45) is 5.92 Å². The molecule has 1 atom stereocenters. The maximum Gasteiger partial charge on any atom is 0.155 e. The van der Waals surface area contributed by atoms with Crippen LogP contribution in [0.25, 0.3) is 17.1 Å². The summed E-state index contributed by atoms with van der Waals surface area (Å²) >= 11 is 0. The van der Waals surface area contributed by atoms with Gasteiger partial charge in [0.2, 0.25) is 0 Å². The second-order valence-corrected chi connectivity index (χ2v) is 5.24. The fourth-order valence-electron chi connectivity index (χ4n) is 2.27. The normalized spacial score (nSPS) is 17.7. The Kier molecular flexibility index (Phi) is 3.08. The summed E-state index contributed by atoms with van der Waals surface area (Å²) in [7, 11) is 0. The molecule has 100 valence electrons. The van der Waals surface area contributed by atoms with Crippen LogP contribution in [0.1, 0.15) is 18.9 Å². The van der Waals surface area contributed by atoms with Gasteiger partial charge < -0.3 is 5.73 Å². The lowest BCUT2D eigenvalue weighted by Gasteiger charge is -2.14. The number of hydrogen-bond donors (Lipinski definition) is 1. The number of aromatic nitrogens is 2. The van der Waals surface area contributed by atoms with E-state index in [4.69, 9.17) is 5.73 Å². The van der Waals surface area contributed by atoms with Crippen LogP contribution in [-0.4, -0.2) is 9.55 Å². The van der Waals surface area contributed by atoms with Gasteiger partial charge in [0.25, 0.3) is 0 Å². The first-order chi connectivity index (χ1) is 9.63. The van der Waals surface area contributed by atoms with Crippen LogP contribution in [-0.2, 0) is 0 Å². The summed E-state index contributed by atoms with van der Waals surface area (Å²) in [5.74, 6) is 1.91. The predicted octanol–water partition coefficient (Wildman–Crippen LogP) is 3.48. The van der Waals surface area contributed by atoms with Crippen molar-refractivity contribution in [2.45, 2.75) is 20.3 Å². The lowest BCUT2D eigenvalue weighted by Crippen LogP contribution is -2.01. The maximum absolute atomic E-state index is 5.87. The predicted molar refractivity (Wildman–Crippen MR) is 81.7 cm³/mol. The largest absolute Gasteiger partial charge is 0.382 e. The molecule has 0 aliphatic heterocycles. The molecule has 0 bridgehead atoms. The van der Waals surface area contributed by atoms with Gasteiger partial charge in [-0.25, -0.2) is 4.98 Å². The van der Waals surface area contributed by atoms with E-state index < -0.39 is 0 Å². The summed E-state index contributed by atoms with van der Waals surface area (Å²) in [5.41, 5.74) is 8.94. The van der Waals surface area contributed by atoms with Crippen LogP contribution >= 0.6 is 0 Å². The number of nitrogens with two attached hydrogens (primary N) is 1. The Hall–Kier alpha value is -2.47. The molecular weight excluding hydrogens is 246 g/mol. The summed E-state index contributed by atoms with van der Waals surface area (Å²) < 4.78 is 2.02. The van der Waals surface area contributed by atoms with Gasteiger partial charge in [0.1, 0.15) is 5.82 Å². The van der Waals surface area contributed by atoms with Crippen molar-refractivity contribution in [1.29, 1.82) is 0 Å². The smallest absolute Gasteiger partial charge is 0.155 e. The van der Waals surface area contributed by atoms with Gasteiger partial charge >= 0.3 is 0 Å². The maximum atomic E-state index is 5.87. The average molecular weight is 263 g/mol. The van der Waals surface area contributed by atoms with Crippen LogP contribution < -0.4 is 5.73 Å². The van der Waals surface area contributed by atoms with Crippen molar-refractivity contribution in [2.75, 3.05) is 5.73 Å². The number of aryl methyl sites for hydroxylation is 1. The van der Waals surface area contributed by atoms with Gasteiger partial charge in [-0.1, -0.05) is 31.2 Å². The Morgan fingerprint density at radius 1 is 1.35 bits per heavy atom. The highest BCUT2D eigenvalue weighted by molar-refractivity contribution is 5.68. The number of anilines is 1. The zero-order chi connectivity index (χ0) is 14.1. The van der Waals surface area contributed by atoms with Crippen LogP contribution in [0.15, 0.2) is 36.6 Å². The molecule has 3 heteroatoms. The van der Waals surface area contributed by atoms with Crippen molar-refractivity contribution < 1.29 is 0 Å². The zero-order valence-electron chi connectivity index (χ0n) is 11.7. The Balaban J connectivity index is 2.05. The number of rotatable bonds is 2. The fourth-order valence-corrected chi connectivity index (χ4v) is 2.27. The lowest BCUT2D eigenvalue weighted by atomic mass is 10.0. The highest BCUT2D eigenvalue weighted by atomic mass is 15.1. The summed E-state index contributed by atoms with van der Waals surface area (Å²) in [4.78, 5) is 4.42. The Morgan fingerprint density at radius 2 is 2.20 bits per heavy atom. The first kappa shape index (κ1) is 12.6. The van der Waals surface area contributed by atoms with E-state index in [1.54, 1.807) is 0 Å². The van der Waals surface area contributed by atoms with Gasteiger partial charge in [0.05, 0.1) is 11.8 Å². The first-order valence-electron chi connectivity index (χ1n) is 6.78. The van der Waals surface area contributed by atoms with E-state index in [0.29, 0.717) is 11.7 Å². The molecule has 1 aliphatic rings. The van der Waals surface area contributed by atoms with E-state index in [1.165, 1.54) is 0 Å². The Labute approximate surface area is 119 Å². The molecule has 0 fully saturated rings. The average Bonchev–Trinajstić information content (AvgIpc) is 2.82. The number of nitrogen functional groups attached to an aromatic ring is 1. The van der Waals surface area contributed by atoms with E-state index in [-0.39, 0.29) is 0 Å². The standard InChI is InChI=1S/C17H17N3/c1-12-3-7-14(8-4-12)17-19-16(18)11-20(17)15-9-5-13(2)6-10-15/h3,5,7,9-11,13H,6,18H2,1-2H3. The van der Waals surface area contributed by atoms with E-state index in [0.717, 1.165) is 29.1 Å². The van der Waals surface area contributed by atoms with Gasteiger partial charge in [0.15, 0.2) is 5.82 Å². The molecule has 20 heavy (non-hydrogen) atoms. The summed E-state index contributed by atoms with van der Waals surface area (Å²) in [5, 5.41) is 0. The van der Waals surface area contributed by atoms with Crippen LogP contribution in [0.2, 0.25) is 0 Å². The minimum Gasteiger partial charge on any atom is -0.382 e. The van der Waals surface area contributed by atoms with E-state index >= 15 is 0 Å². The van der Waals surface area contributed by atoms with Gasteiger partial charge in [0, 0.05) is 5.70 Å². The molecule has 1 aliphatic carbocycles. The van der Waals surface area contributed by atoms with Crippen molar-refractivity contribution in [3.8, 4) is 11.4 Å². The molecule has 1 aromatic carbocycles. The molecular formula is C17H17N3. The van der Waals surface area contributed by atoms with E-state index in [1.807, 2.05) is 29.8 Å². The quantitative estimate of drug-likeness (QED) is 0.901. The van der Waals surface area contributed by atoms with Gasteiger partial charge in [-0.3, -0.25) is 4.57 Å². The Bertz CT molecular complexity index is 675. The van der Waals surface area contributed by atoms with E-state index in [2.05, 4.69) is 42.3 Å². The highest BCUT2D eigenvalue weighted by Gasteiger charge is 2.13. The first-order valence-corrected chi connectivity index (χ1v) is 6.78. The molecule has 2 aromatic rings. The third-order valence-electron chi connectivity index (χ3n) is 3.43. The third-order valence-corrected chi connectivity index (χ3v) is 3.43. The summed E-state index contributed by atoms with van der Waals surface area (Å²) in [6, 6.07) is 10.2. The van der Waals surface area contributed by atoms with Crippen LogP contribution in [0.5, 0.6) is 0 Å². The highest BCUT2D eigenvalue weighted by Crippen LogP contribution is 2.26. The molecule has 0 radical (unpaired) electrons. The molecule has 0 amide bonds. The second kappa shape index (κ2) is 4.90. The number of imidazole rings is 1. The van der Waals surface area contributed by atoms with Gasteiger partial charge in [-0.05, 0) is 43.0 Å². The minimum absolute atomic E-state index is 0.516. The molecule has 3 rings (SSSR count). The lowest BCUT2D eigenvalue weighted by molar-refractivity contribution is 0.734. The monoisotopic (exact) mass is 263 g/mol. The fraction of sp³-hybridized carbons (Fsp3) is 0.235. The SMILES string of the molecule is Cc1c#cc(-c2nc(N)cn2C2=CCC(C)C=C2)cc1. The Morgan fingerprint density at radius 3 is 2.85 bits per heavy atom. The van der Waals surface area contributed by atoms with Gasteiger partial charge in [-0.2, -0.15) is 0 Å². The zero-order valence-corrected chi connectivity index (χ0v) is 11.7. The van der Waals surface area contributed by atoms with Crippen LogP contribution in [0, 0.1) is 25.0 Å². The number of allylic oxidation sites excluding steroid dienone is 4. The second-order valence-electron chi connectivity index (χ2n) is 5.24. The molecule has 0 saturated heterocycles. The van der Waals surface area contributed by atoms with Crippen molar-refractivity contribution >= 4 is 11.5 Å². The molecule has 1 aromatic heterocycles. The number of hydrogen-bond acceptors (Lipinski definition) is 2. The van der Waals surface area contributed by atoms with Crippen molar-refractivity contribution in [3.63, 3.8) is 0 Å². The molecule has 0 saturated carbocycles. The van der Waals surface area contributed by atoms with Crippen molar-refractivity contribution in [1.82, 2.24) is 9.55 Å². The molecule has 0 spiro atoms. The minimum atomic E-state index is 0.516.